The van der Waals surface area contributed by atoms with Crippen molar-refractivity contribution in [3.05, 3.63) is 35.9 Å². The first kappa shape index (κ1) is 16.6. The first-order valence-corrected chi connectivity index (χ1v) is 9.98. The van der Waals surface area contributed by atoms with Crippen molar-refractivity contribution >= 4 is 0 Å². The normalized spacial score (nSPS) is 32.8. The molecule has 0 aromatic heterocycles. The second-order valence-corrected chi connectivity index (χ2v) is 8.30. The van der Waals surface area contributed by atoms with Crippen LogP contribution >= 0.6 is 0 Å². The largest absolute Gasteiger partial charge is 0.392 e. The SMILES string of the molecule is O[C@@H]1C[C@H]2CN(CC3CCCCC3)[C@@H](Cc3ccccc3)CN2C1. The van der Waals surface area contributed by atoms with Crippen molar-refractivity contribution in [3.63, 3.8) is 0 Å². The minimum atomic E-state index is -0.109. The topological polar surface area (TPSA) is 26.7 Å². The molecule has 0 bridgehead atoms. The number of hydrogen-bond donors (Lipinski definition) is 1. The first-order valence-electron chi connectivity index (χ1n) is 9.98. The molecule has 0 spiro atoms. The second-order valence-electron chi connectivity index (χ2n) is 8.30. The quantitative estimate of drug-likeness (QED) is 0.920. The molecule has 0 unspecified atom stereocenters. The Balaban J connectivity index is 1.46. The fourth-order valence-electron chi connectivity index (χ4n) is 5.18. The Bertz CT molecular complexity index is 512. The Labute approximate surface area is 146 Å². The number of benzene rings is 1. The van der Waals surface area contributed by atoms with Crippen molar-refractivity contribution < 1.29 is 5.11 Å². The molecule has 2 saturated heterocycles. The average Bonchev–Trinajstić information content (AvgIpc) is 2.96. The van der Waals surface area contributed by atoms with Crippen LogP contribution in [-0.4, -0.2) is 59.3 Å². The summed E-state index contributed by atoms with van der Waals surface area (Å²) in [6.45, 7) is 4.44. The maximum absolute atomic E-state index is 10.1. The molecule has 3 aliphatic rings. The van der Waals surface area contributed by atoms with Crippen molar-refractivity contribution in [3.8, 4) is 0 Å². The molecule has 2 heterocycles. The van der Waals surface area contributed by atoms with Crippen LogP contribution < -0.4 is 0 Å². The van der Waals surface area contributed by atoms with E-state index in [9.17, 15) is 5.11 Å². The molecule has 0 radical (unpaired) electrons. The van der Waals surface area contributed by atoms with Crippen LogP contribution in [0.25, 0.3) is 0 Å². The van der Waals surface area contributed by atoms with Gasteiger partial charge in [0.1, 0.15) is 0 Å². The lowest BCUT2D eigenvalue weighted by molar-refractivity contribution is 0.0348. The van der Waals surface area contributed by atoms with Crippen molar-refractivity contribution in [2.45, 2.75) is 63.1 Å². The summed E-state index contributed by atoms with van der Waals surface area (Å²) in [5, 5.41) is 10.1. The summed E-state index contributed by atoms with van der Waals surface area (Å²) in [6.07, 6.45) is 9.14. The number of fused-ring (bicyclic) bond motifs is 1. The third-order valence-corrected chi connectivity index (χ3v) is 6.44. The molecule has 1 saturated carbocycles. The van der Waals surface area contributed by atoms with Gasteiger partial charge in [-0.05, 0) is 37.2 Å². The first-order chi connectivity index (χ1) is 11.8. The van der Waals surface area contributed by atoms with E-state index in [2.05, 4.69) is 40.1 Å². The minimum absolute atomic E-state index is 0.109. The number of piperazine rings is 1. The number of nitrogens with zero attached hydrogens (tertiary/aromatic N) is 2. The van der Waals surface area contributed by atoms with Gasteiger partial charge < -0.3 is 5.11 Å². The number of aliphatic hydroxyl groups excluding tert-OH is 1. The average molecular weight is 329 g/mol. The summed E-state index contributed by atoms with van der Waals surface area (Å²) in [7, 11) is 0. The Morgan fingerprint density at radius 1 is 0.958 bits per heavy atom. The highest BCUT2D eigenvalue weighted by atomic mass is 16.3. The van der Waals surface area contributed by atoms with E-state index in [0.29, 0.717) is 12.1 Å². The molecule has 3 heteroatoms. The molecular weight excluding hydrogens is 296 g/mol. The predicted octanol–water partition coefficient (Wildman–Crippen LogP) is 2.93. The third kappa shape index (κ3) is 3.84. The summed E-state index contributed by atoms with van der Waals surface area (Å²) in [4.78, 5) is 5.33. The zero-order valence-electron chi connectivity index (χ0n) is 14.8. The van der Waals surface area contributed by atoms with E-state index in [1.165, 1.54) is 44.2 Å². The minimum Gasteiger partial charge on any atom is -0.392 e. The fraction of sp³-hybridized carbons (Fsp3) is 0.714. The van der Waals surface area contributed by atoms with E-state index in [0.717, 1.165) is 38.4 Å². The zero-order valence-corrected chi connectivity index (χ0v) is 14.8. The van der Waals surface area contributed by atoms with Gasteiger partial charge in [-0.3, -0.25) is 9.80 Å². The lowest BCUT2D eigenvalue weighted by Gasteiger charge is -2.45. The summed E-state index contributed by atoms with van der Waals surface area (Å²) < 4.78 is 0. The molecule has 2 aliphatic heterocycles. The molecule has 3 fully saturated rings. The summed E-state index contributed by atoms with van der Waals surface area (Å²) >= 11 is 0. The molecule has 1 aromatic rings. The van der Waals surface area contributed by atoms with Gasteiger partial charge in [0.25, 0.3) is 0 Å². The van der Waals surface area contributed by atoms with Gasteiger partial charge in [0.05, 0.1) is 6.10 Å². The van der Waals surface area contributed by atoms with Crippen LogP contribution in [0.5, 0.6) is 0 Å². The Hall–Kier alpha value is -0.900. The van der Waals surface area contributed by atoms with Gasteiger partial charge in [-0.15, -0.1) is 0 Å². The number of rotatable bonds is 4. The highest BCUT2D eigenvalue weighted by Gasteiger charge is 2.40. The molecule has 1 aromatic carbocycles. The van der Waals surface area contributed by atoms with Crippen LogP contribution in [0.2, 0.25) is 0 Å². The van der Waals surface area contributed by atoms with Crippen molar-refractivity contribution in [2.24, 2.45) is 5.92 Å². The Kier molecular flexibility index (Phi) is 5.21. The van der Waals surface area contributed by atoms with Crippen molar-refractivity contribution in [1.82, 2.24) is 9.80 Å². The second kappa shape index (κ2) is 7.55. The standard InChI is InChI=1S/C21H32N2O/c24-21-12-20-15-22(13-18-9-5-2-6-10-18)19(14-23(20)16-21)11-17-7-3-1-4-8-17/h1,3-4,7-8,18-21,24H,2,5-6,9-16H2/t19-,20-,21+/m0/s1. The van der Waals surface area contributed by atoms with Gasteiger partial charge in [0.15, 0.2) is 0 Å². The van der Waals surface area contributed by atoms with Gasteiger partial charge in [-0.2, -0.15) is 0 Å². The van der Waals surface area contributed by atoms with Crippen LogP contribution in [0.1, 0.15) is 44.1 Å². The van der Waals surface area contributed by atoms with E-state index >= 15 is 0 Å². The van der Waals surface area contributed by atoms with Crippen LogP contribution in [0.15, 0.2) is 30.3 Å². The molecule has 0 amide bonds. The molecule has 3 atom stereocenters. The monoisotopic (exact) mass is 328 g/mol. The highest BCUT2D eigenvalue weighted by Crippen LogP contribution is 2.30. The van der Waals surface area contributed by atoms with Gasteiger partial charge in [0.2, 0.25) is 0 Å². The molecule has 1 N–H and O–H groups in total. The summed E-state index contributed by atoms with van der Waals surface area (Å²) in [5.74, 6) is 0.898. The van der Waals surface area contributed by atoms with Crippen LogP contribution in [0, 0.1) is 5.92 Å². The van der Waals surface area contributed by atoms with E-state index in [1.54, 1.807) is 0 Å². The smallest absolute Gasteiger partial charge is 0.0682 e. The lowest BCUT2D eigenvalue weighted by Crippen LogP contribution is -2.57. The molecule has 3 nitrogen and oxygen atoms in total. The maximum atomic E-state index is 10.1. The van der Waals surface area contributed by atoms with E-state index < -0.39 is 0 Å². The van der Waals surface area contributed by atoms with Gasteiger partial charge >= 0.3 is 0 Å². The summed E-state index contributed by atoms with van der Waals surface area (Å²) in [6, 6.07) is 12.1. The number of hydrogen-bond acceptors (Lipinski definition) is 3. The Morgan fingerprint density at radius 2 is 1.75 bits per heavy atom. The van der Waals surface area contributed by atoms with Crippen molar-refractivity contribution in [2.75, 3.05) is 26.2 Å². The molecule has 4 rings (SSSR count). The Morgan fingerprint density at radius 3 is 2.54 bits per heavy atom. The molecule has 1 aliphatic carbocycles. The fourth-order valence-corrected chi connectivity index (χ4v) is 5.18. The van der Waals surface area contributed by atoms with Gasteiger partial charge in [0, 0.05) is 38.3 Å². The van der Waals surface area contributed by atoms with E-state index in [-0.39, 0.29) is 6.10 Å². The third-order valence-electron chi connectivity index (χ3n) is 6.44. The molecule has 132 valence electrons. The highest BCUT2D eigenvalue weighted by molar-refractivity contribution is 5.16. The maximum Gasteiger partial charge on any atom is 0.0682 e. The molecular formula is C21H32N2O. The van der Waals surface area contributed by atoms with Crippen molar-refractivity contribution in [1.29, 1.82) is 0 Å². The van der Waals surface area contributed by atoms with Gasteiger partial charge in [-0.1, -0.05) is 49.6 Å². The van der Waals surface area contributed by atoms with E-state index in [4.69, 9.17) is 0 Å². The molecule has 24 heavy (non-hydrogen) atoms. The summed E-state index contributed by atoms with van der Waals surface area (Å²) in [5.41, 5.74) is 1.45. The van der Waals surface area contributed by atoms with E-state index in [1.807, 2.05) is 0 Å². The lowest BCUT2D eigenvalue weighted by atomic mass is 9.87. The van der Waals surface area contributed by atoms with Crippen LogP contribution in [-0.2, 0) is 6.42 Å². The van der Waals surface area contributed by atoms with Crippen LogP contribution in [0.3, 0.4) is 0 Å². The van der Waals surface area contributed by atoms with Gasteiger partial charge in [-0.25, -0.2) is 0 Å². The number of aliphatic hydroxyl groups is 1. The predicted molar refractivity (Wildman–Crippen MR) is 98.1 cm³/mol. The van der Waals surface area contributed by atoms with Crippen LogP contribution in [0.4, 0.5) is 0 Å². The zero-order chi connectivity index (χ0) is 16.4.